The van der Waals surface area contributed by atoms with E-state index in [1.807, 2.05) is 51.1 Å². The summed E-state index contributed by atoms with van der Waals surface area (Å²) in [7, 11) is 0. The van der Waals surface area contributed by atoms with Crippen LogP contribution in [0.25, 0.3) is 0 Å². The summed E-state index contributed by atoms with van der Waals surface area (Å²) < 4.78 is 0. The molecule has 21 heavy (non-hydrogen) atoms. The van der Waals surface area contributed by atoms with Crippen molar-refractivity contribution < 1.29 is 14.7 Å². The van der Waals surface area contributed by atoms with Crippen LogP contribution in [-0.2, 0) is 15.0 Å². The van der Waals surface area contributed by atoms with E-state index in [-0.39, 0.29) is 18.2 Å². The fourth-order valence-electron chi connectivity index (χ4n) is 2.67. The average Bonchev–Trinajstić information content (AvgIpc) is 2.47. The molecule has 1 aromatic carbocycles. The quantitative estimate of drug-likeness (QED) is 0.774. The van der Waals surface area contributed by atoms with E-state index in [1.54, 1.807) is 0 Å². The number of carbonyl (C=O) groups excluding carboxylic acids is 1. The van der Waals surface area contributed by atoms with E-state index in [2.05, 4.69) is 5.32 Å². The molecule has 1 unspecified atom stereocenters. The fraction of sp³-hybridized carbons (Fsp3) is 0.529. The highest BCUT2D eigenvalue weighted by Crippen LogP contribution is 2.31. The van der Waals surface area contributed by atoms with Gasteiger partial charge in [0.05, 0.1) is 5.41 Å². The van der Waals surface area contributed by atoms with E-state index in [9.17, 15) is 9.59 Å². The van der Waals surface area contributed by atoms with Gasteiger partial charge in [0.2, 0.25) is 5.91 Å². The van der Waals surface area contributed by atoms with Gasteiger partial charge in [-0.3, -0.25) is 9.59 Å². The minimum Gasteiger partial charge on any atom is -0.481 e. The summed E-state index contributed by atoms with van der Waals surface area (Å²) in [6.45, 7) is 6.24. The van der Waals surface area contributed by atoms with Crippen LogP contribution in [0.3, 0.4) is 0 Å². The Morgan fingerprint density at radius 1 is 1.19 bits per heavy atom. The van der Waals surface area contributed by atoms with Crippen LogP contribution in [0.4, 0.5) is 0 Å². The predicted molar refractivity (Wildman–Crippen MR) is 83.1 cm³/mol. The number of carbonyl (C=O) groups is 2. The first-order chi connectivity index (χ1) is 9.96. The summed E-state index contributed by atoms with van der Waals surface area (Å²) in [5, 5.41) is 11.7. The van der Waals surface area contributed by atoms with Crippen molar-refractivity contribution in [2.45, 2.75) is 45.4 Å². The Morgan fingerprint density at radius 3 is 2.24 bits per heavy atom. The molecule has 1 amide bonds. The molecule has 0 bridgehead atoms. The fourth-order valence-corrected chi connectivity index (χ4v) is 2.67. The molecule has 0 aliphatic carbocycles. The number of benzene rings is 1. The third-order valence-corrected chi connectivity index (χ3v) is 4.10. The van der Waals surface area contributed by atoms with Crippen molar-refractivity contribution in [1.82, 2.24) is 5.32 Å². The number of rotatable bonds is 8. The van der Waals surface area contributed by atoms with Crippen molar-refractivity contribution in [2.24, 2.45) is 5.92 Å². The molecule has 1 atom stereocenters. The summed E-state index contributed by atoms with van der Waals surface area (Å²) in [6, 6.07) is 9.78. The van der Waals surface area contributed by atoms with Crippen LogP contribution in [0.2, 0.25) is 0 Å². The summed E-state index contributed by atoms with van der Waals surface area (Å²) in [6.07, 6.45) is 1.50. The summed E-state index contributed by atoms with van der Waals surface area (Å²) in [5.74, 6) is -0.929. The second-order valence-electron chi connectivity index (χ2n) is 5.57. The number of amides is 1. The van der Waals surface area contributed by atoms with Gasteiger partial charge in [-0.05, 0) is 24.3 Å². The highest BCUT2D eigenvalue weighted by Gasteiger charge is 2.36. The van der Waals surface area contributed by atoms with Crippen molar-refractivity contribution in [3.63, 3.8) is 0 Å². The van der Waals surface area contributed by atoms with Gasteiger partial charge in [-0.1, -0.05) is 51.1 Å². The third kappa shape index (κ3) is 4.31. The zero-order valence-electron chi connectivity index (χ0n) is 13.1. The van der Waals surface area contributed by atoms with Gasteiger partial charge in [0.25, 0.3) is 0 Å². The molecule has 0 heterocycles. The molecule has 0 aliphatic rings. The lowest BCUT2D eigenvalue weighted by atomic mass is 9.75. The van der Waals surface area contributed by atoms with E-state index >= 15 is 0 Å². The molecule has 0 spiro atoms. The molecule has 1 aromatic rings. The minimum atomic E-state index is -0.836. The summed E-state index contributed by atoms with van der Waals surface area (Å²) >= 11 is 0. The van der Waals surface area contributed by atoms with E-state index in [0.717, 1.165) is 5.56 Å². The van der Waals surface area contributed by atoms with Crippen LogP contribution >= 0.6 is 0 Å². The molecule has 0 saturated heterocycles. The van der Waals surface area contributed by atoms with Crippen LogP contribution in [0, 0.1) is 5.92 Å². The van der Waals surface area contributed by atoms with Gasteiger partial charge in [-0.25, -0.2) is 0 Å². The molecular weight excluding hydrogens is 266 g/mol. The standard InChI is InChI=1S/C17H25NO3/c1-4-17(5-2,14-9-7-6-8-10-14)16(21)18-12-13(3)11-15(19)20/h6-10,13H,4-5,11-12H2,1-3H3,(H,18,21)(H,19,20). The average molecular weight is 291 g/mol. The second-order valence-corrected chi connectivity index (χ2v) is 5.57. The predicted octanol–water partition coefficient (Wildman–Crippen LogP) is 2.97. The maximum Gasteiger partial charge on any atom is 0.303 e. The zero-order valence-corrected chi connectivity index (χ0v) is 13.1. The molecule has 0 aromatic heterocycles. The highest BCUT2D eigenvalue weighted by atomic mass is 16.4. The first-order valence-electron chi connectivity index (χ1n) is 7.51. The number of carboxylic acids is 1. The topological polar surface area (TPSA) is 66.4 Å². The second kappa shape index (κ2) is 7.81. The van der Waals surface area contributed by atoms with Gasteiger partial charge in [0, 0.05) is 13.0 Å². The van der Waals surface area contributed by atoms with E-state index in [1.165, 1.54) is 0 Å². The third-order valence-electron chi connectivity index (χ3n) is 4.10. The van der Waals surface area contributed by atoms with Crippen molar-refractivity contribution in [3.8, 4) is 0 Å². The van der Waals surface area contributed by atoms with Gasteiger partial charge in [-0.2, -0.15) is 0 Å². The number of carboxylic acid groups (broad SMARTS) is 1. The lowest BCUT2D eigenvalue weighted by molar-refractivity contribution is -0.138. The molecule has 1 rings (SSSR count). The number of aliphatic carboxylic acids is 1. The molecule has 0 radical (unpaired) electrons. The lowest BCUT2D eigenvalue weighted by Crippen LogP contribution is -2.45. The van der Waals surface area contributed by atoms with Gasteiger partial charge >= 0.3 is 5.97 Å². The van der Waals surface area contributed by atoms with Crippen molar-refractivity contribution in [1.29, 1.82) is 0 Å². The number of nitrogens with one attached hydrogen (secondary N) is 1. The molecule has 0 aliphatic heterocycles. The van der Waals surface area contributed by atoms with Crippen molar-refractivity contribution >= 4 is 11.9 Å². The lowest BCUT2D eigenvalue weighted by Gasteiger charge is -2.31. The van der Waals surface area contributed by atoms with E-state index in [4.69, 9.17) is 5.11 Å². The zero-order chi connectivity index (χ0) is 15.9. The highest BCUT2D eigenvalue weighted by molar-refractivity contribution is 5.88. The SMILES string of the molecule is CCC(CC)(C(=O)NCC(C)CC(=O)O)c1ccccc1. The Balaban J connectivity index is 2.81. The number of hydrogen-bond donors (Lipinski definition) is 2. The molecule has 4 nitrogen and oxygen atoms in total. The van der Waals surface area contributed by atoms with Crippen LogP contribution in [0.5, 0.6) is 0 Å². The Labute approximate surface area is 126 Å². The Hall–Kier alpha value is -1.84. The molecule has 0 fully saturated rings. The Kier molecular flexibility index (Phi) is 6.40. The Morgan fingerprint density at radius 2 is 1.76 bits per heavy atom. The van der Waals surface area contributed by atoms with Gasteiger partial charge in [-0.15, -0.1) is 0 Å². The Bertz CT molecular complexity index is 466. The number of hydrogen-bond acceptors (Lipinski definition) is 2. The smallest absolute Gasteiger partial charge is 0.303 e. The monoisotopic (exact) mass is 291 g/mol. The van der Waals surface area contributed by atoms with Gasteiger partial charge < -0.3 is 10.4 Å². The summed E-state index contributed by atoms with van der Waals surface area (Å²) in [5.41, 5.74) is 0.475. The largest absolute Gasteiger partial charge is 0.481 e. The van der Waals surface area contributed by atoms with Crippen LogP contribution in [0.15, 0.2) is 30.3 Å². The maximum atomic E-state index is 12.7. The minimum absolute atomic E-state index is 0.0176. The molecule has 0 saturated carbocycles. The van der Waals surface area contributed by atoms with E-state index in [0.29, 0.717) is 19.4 Å². The van der Waals surface area contributed by atoms with Gasteiger partial charge in [0.1, 0.15) is 0 Å². The summed E-state index contributed by atoms with van der Waals surface area (Å²) in [4.78, 5) is 23.3. The molecule has 4 heteroatoms. The van der Waals surface area contributed by atoms with Crippen molar-refractivity contribution in [2.75, 3.05) is 6.54 Å². The van der Waals surface area contributed by atoms with Crippen molar-refractivity contribution in [3.05, 3.63) is 35.9 Å². The van der Waals surface area contributed by atoms with E-state index < -0.39 is 11.4 Å². The maximum absolute atomic E-state index is 12.7. The normalized spacial score (nSPS) is 12.7. The first-order valence-corrected chi connectivity index (χ1v) is 7.51. The van der Waals surface area contributed by atoms with Gasteiger partial charge in [0.15, 0.2) is 0 Å². The first kappa shape index (κ1) is 17.2. The molecule has 116 valence electrons. The van der Waals surface area contributed by atoms with Crippen LogP contribution in [-0.4, -0.2) is 23.5 Å². The molecule has 2 N–H and O–H groups in total. The molecular formula is C17H25NO3. The van der Waals surface area contributed by atoms with Crippen LogP contribution in [0.1, 0.15) is 45.6 Å². The van der Waals surface area contributed by atoms with Crippen LogP contribution < -0.4 is 5.32 Å².